The number of rotatable bonds is 7. The highest BCUT2D eigenvalue weighted by Crippen LogP contribution is 2.55. The van der Waals surface area contributed by atoms with Gasteiger partial charge in [0.15, 0.2) is 5.78 Å². The van der Waals surface area contributed by atoms with Crippen LogP contribution < -0.4 is 4.74 Å². The standard InChI is InChI=1S/C29H39NO5/c1-6-8-16-29-17-15-22(31)23-24(29)21(18-30(29)27(33)35-28(3,4)5)26(20(12-7-2)25(23)32)34-19-13-10-9-11-14-19/h9-11,13-15,20-21,26,31H,6-8,12,16-18H2,1-5H3. The van der Waals surface area contributed by atoms with Crippen molar-refractivity contribution in [3.05, 3.63) is 53.3 Å². The van der Waals surface area contributed by atoms with E-state index in [1.807, 2.05) is 56.0 Å². The molecule has 1 fully saturated rings. The van der Waals surface area contributed by atoms with Gasteiger partial charge in [-0.2, -0.15) is 0 Å². The summed E-state index contributed by atoms with van der Waals surface area (Å²) >= 11 is 0. The van der Waals surface area contributed by atoms with E-state index in [-0.39, 0.29) is 29.5 Å². The Morgan fingerprint density at radius 2 is 1.89 bits per heavy atom. The number of likely N-dealkylation sites (tertiary alicyclic amines) is 1. The maximum atomic E-state index is 13.9. The molecule has 1 heterocycles. The van der Waals surface area contributed by atoms with Gasteiger partial charge in [0.05, 0.1) is 17.0 Å². The summed E-state index contributed by atoms with van der Waals surface area (Å²) in [5.41, 5.74) is -0.0403. The largest absolute Gasteiger partial charge is 0.508 e. The highest BCUT2D eigenvalue weighted by molar-refractivity contribution is 6.04. The number of carbonyl (C=O) groups is 2. The lowest BCUT2D eigenvalue weighted by molar-refractivity contribution is -0.124. The Morgan fingerprint density at radius 1 is 1.17 bits per heavy atom. The lowest BCUT2D eigenvalue weighted by Crippen LogP contribution is -2.52. The Kier molecular flexibility index (Phi) is 7.03. The van der Waals surface area contributed by atoms with E-state index in [2.05, 4.69) is 13.8 Å². The Bertz CT molecular complexity index is 1020. The predicted octanol–water partition coefficient (Wildman–Crippen LogP) is 6.37. The van der Waals surface area contributed by atoms with E-state index in [0.29, 0.717) is 37.1 Å². The van der Waals surface area contributed by atoms with Gasteiger partial charge in [-0.1, -0.05) is 51.3 Å². The smallest absolute Gasteiger partial charge is 0.411 e. The van der Waals surface area contributed by atoms with Gasteiger partial charge >= 0.3 is 6.09 Å². The molecule has 0 spiro atoms. The number of hydrogen-bond donors (Lipinski definition) is 1. The third-order valence-electron chi connectivity index (χ3n) is 7.48. The lowest BCUT2D eigenvalue weighted by atomic mass is 9.64. The van der Waals surface area contributed by atoms with Gasteiger partial charge in [0.2, 0.25) is 0 Å². The Morgan fingerprint density at radius 3 is 2.51 bits per heavy atom. The molecule has 0 saturated carbocycles. The van der Waals surface area contributed by atoms with Crippen LogP contribution in [0.4, 0.5) is 4.79 Å². The molecule has 0 bridgehead atoms. The average molecular weight is 482 g/mol. The van der Waals surface area contributed by atoms with Crippen LogP contribution in [-0.4, -0.2) is 45.7 Å². The molecule has 4 rings (SSSR count). The van der Waals surface area contributed by atoms with Crippen LogP contribution in [0.1, 0.15) is 73.1 Å². The molecule has 1 aromatic carbocycles. The van der Waals surface area contributed by atoms with Crippen molar-refractivity contribution < 1.29 is 24.2 Å². The number of carbonyl (C=O) groups excluding carboxylic acids is 2. The number of Topliss-reactive ketones (excluding diaryl/α,β-unsaturated/α-hetero) is 1. The second-order valence-corrected chi connectivity index (χ2v) is 11.1. The zero-order chi connectivity index (χ0) is 25.4. The van der Waals surface area contributed by atoms with Crippen LogP contribution in [0.15, 0.2) is 53.3 Å². The summed E-state index contributed by atoms with van der Waals surface area (Å²) < 4.78 is 12.4. The molecular weight excluding hydrogens is 442 g/mol. The topological polar surface area (TPSA) is 76.1 Å². The van der Waals surface area contributed by atoms with E-state index in [1.165, 1.54) is 0 Å². The fourth-order valence-corrected chi connectivity index (χ4v) is 6.07. The van der Waals surface area contributed by atoms with E-state index < -0.39 is 17.2 Å². The molecule has 4 unspecified atom stereocenters. The molecule has 35 heavy (non-hydrogen) atoms. The van der Waals surface area contributed by atoms with Crippen molar-refractivity contribution in [2.75, 3.05) is 6.54 Å². The molecule has 4 atom stereocenters. The number of hydrogen-bond acceptors (Lipinski definition) is 5. The van der Waals surface area contributed by atoms with Crippen molar-refractivity contribution in [3.8, 4) is 5.75 Å². The van der Waals surface area contributed by atoms with Gasteiger partial charge in [-0.15, -0.1) is 0 Å². The first-order valence-electron chi connectivity index (χ1n) is 13.0. The van der Waals surface area contributed by atoms with Gasteiger partial charge in [-0.3, -0.25) is 9.69 Å². The average Bonchev–Trinajstić information content (AvgIpc) is 3.14. The third kappa shape index (κ3) is 4.60. The van der Waals surface area contributed by atoms with Crippen molar-refractivity contribution in [1.82, 2.24) is 4.90 Å². The van der Waals surface area contributed by atoms with Gasteiger partial charge < -0.3 is 14.6 Å². The van der Waals surface area contributed by atoms with Crippen LogP contribution in [0.3, 0.4) is 0 Å². The van der Waals surface area contributed by atoms with E-state index in [0.717, 1.165) is 24.8 Å². The summed E-state index contributed by atoms with van der Waals surface area (Å²) in [5, 5.41) is 11.0. The monoisotopic (exact) mass is 481 g/mol. The molecule has 1 aromatic rings. The molecule has 0 radical (unpaired) electrons. The van der Waals surface area contributed by atoms with Gasteiger partial charge in [-0.05, 0) is 63.8 Å². The summed E-state index contributed by atoms with van der Waals surface area (Å²) in [6, 6.07) is 9.58. The fraction of sp³-hybridized carbons (Fsp3) is 0.586. The molecule has 1 N–H and O–H groups in total. The van der Waals surface area contributed by atoms with Gasteiger partial charge in [0.1, 0.15) is 23.2 Å². The van der Waals surface area contributed by atoms with Crippen LogP contribution in [-0.2, 0) is 9.53 Å². The molecule has 2 aliphatic carbocycles. The first kappa shape index (κ1) is 25.3. The predicted molar refractivity (Wildman–Crippen MR) is 135 cm³/mol. The van der Waals surface area contributed by atoms with E-state index in [9.17, 15) is 14.7 Å². The number of ether oxygens (including phenoxy) is 2. The normalized spacial score (nSPS) is 28.0. The second kappa shape index (κ2) is 9.71. The molecular formula is C29H39NO5. The van der Waals surface area contributed by atoms with Crippen LogP contribution in [0.5, 0.6) is 5.75 Å². The van der Waals surface area contributed by atoms with Crippen molar-refractivity contribution in [2.45, 2.75) is 90.4 Å². The first-order valence-corrected chi connectivity index (χ1v) is 13.0. The number of amides is 1. The number of aliphatic hydroxyl groups excluding tert-OH is 1. The van der Waals surface area contributed by atoms with Crippen molar-refractivity contribution >= 4 is 11.9 Å². The molecule has 6 nitrogen and oxygen atoms in total. The number of aliphatic hydroxyl groups is 1. The van der Waals surface area contributed by atoms with E-state index in [1.54, 1.807) is 6.08 Å². The van der Waals surface area contributed by atoms with Crippen LogP contribution >= 0.6 is 0 Å². The SMILES string of the molecule is CCCCC12CC=C(O)C3=C1C(CN2C(=O)OC(C)(C)C)C(Oc1ccccc1)C(CCC)C3=O. The zero-order valence-corrected chi connectivity index (χ0v) is 21.7. The number of para-hydroxylation sites is 1. The maximum Gasteiger partial charge on any atom is 0.411 e. The minimum atomic E-state index is -0.685. The Labute approximate surface area is 209 Å². The molecule has 1 aliphatic heterocycles. The molecule has 0 aromatic heterocycles. The van der Waals surface area contributed by atoms with Crippen LogP contribution in [0.25, 0.3) is 0 Å². The second-order valence-electron chi connectivity index (χ2n) is 11.1. The molecule has 3 aliphatic rings. The fourth-order valence-electron chi connectivity index (χ4n) is 6.07. The van der Waals surface area contributed by atoms with E-state index >= 15 is 0 Å². The van der Waals surface area contributed by atoms with Crippen LogP contribution in [0, 0.1) is 11.8 Å². The summed E-state index contributed by atoms with van der Waals surface area (Å²) in [6.07, 6.45) is 5.46. The lowest BCUT2D eigenvalue weighted by Gasteiger charge is -2.44. The number of allylic oxidation sites excluding steroid dienone is 1. The van der Waals surface area contributed by atoms with Gasteiger partial charge in [0, 0.05) is 12.5 Å². The van der Waals surface area contributed by atoms with E-state index in [4.69, 9.17) is 9.47 Å². The quantitative estimate of drug-likeness (QED) is 0.490. The number of benzene rings is 1. The molecule has 6 heteroatoms. The highest BCUT2D eigenvalue weighted by Gasteiger charge is 2.61. The Balaban J connectivity index is 1.86. The van der Waals surface area contributed by atoms with Crippen molar-refractivity contribution in [3.63, 3.8) is 0 Å². The number of nitrogens with zero attached hydrogens (tertiary/aromatic N) is 1. The molecule has 190 valence electrons. The molecule has 1 saturated heterocycles. The van der Waals surface area contributed by atoms with Gasteiger partial charge in [0.25, 0.3) is 0 Å². The summed E-state index contributed by atoms with van der Waals surface area (Å²) in [7, 11) is 0. The maximum absolute atomic E-state index is 13.9. The van der Waals surface area contributed by atoms with Crippen molar-refractivity contribution in [2.24, 2.45) is 11.8 Å². The summed E-state index contributed by atoms with van der Waals surface area (Å²) in [6.45, 7) is 10.2. The van der Waals surface area contributed by atoms with Crippen LogP contribution in [0.2, 0.25) is 0 Å². The third-order valence-corrected chi connectivity index (χ3v) is 7.48. The summed E-state index contributed by atoms with van der Waals surface area (Å²) in [5.74, 6) is 0.104. The highest BCUT2D eigenvalue weighted by atomic mass is 16.6. The summed E-state index contributed by atoms with van der Waals surface area (Å²) in [4.78, 5) is 29.3. The minimum Gasteiger partial charge on any atom is -0.508 e. The zero-order valence-electron chi connectivity index (χ0n) is 21.7. The first-order chi connectivity index (χ1) is 16.6. The van der Waals surface area contributed by atoms with Gasteiger partial charge in [-0.25, -0.2) is 4.79 Å². The molecule has 1 amide bonds. The number of unbranched alkanes of at least 4 members (excludes halogenated alkanes) is 1. The Hall–Kier alpha value is -2.76. The van der Waals surface area contributed by atoms with Crippen molar-refractivity contribution in [1.29, 1.82) is 0 Å². The minimum absolute atomic E-state index is 0.0485. The number of ketones is 1.